The summed E-state index contributed by atoms with van der Waals surface area (Å²) in [5.41, 5.74) is 1.09. The molecular formula is C11H15N3O2. The summed E-state index contributed by atoms with van der Waals surface area (Å²) in [6, 6.07) is 3.37. The molecule has 2 heterocycles. The quantitative estimate of drug-likeness (QED) is 0.789. The molecule has 0 aromatic carbocycles. The first-order chi connectivity index (χ1) is 7.66. The Hall–Kier alpha value is -1.62. The van der Waals surface area contributed by atoms with Gasteiger partial charge in [0.2, 0.25) is 0 Å². The van der Waals surface area contributed by atoms with Crippen molar-refractivity contribution in [3.63, 3.8) is 0 Å². The molecule has 1 saturated heterocycles. The van der Waals surface area contributed by atoms with Crippen LogP contribution in [0.3, 0.4) is 0 Å². The summed E-state index contributed by atoms with van der Waals surface area (Å²) in [5.74, 6) is -0.982. The number of carboxylic acid groups (broad SMARTS) is 1. The van der Waals surface area contributed by atoms with Gasteiger partial charge in [0.1, 0.15) is 5.69 Å². The lowest BCUT2D eigenvalue weighted by Crippen LogP contribution is -2.44. The molecule has 1 N–H and O–H groups in total. The Bertz CT molecular complexity index is 369. The summed E-state index contributed by atoms with van der Waals surface area (Å²) in [6.07, 6.45) is 1.63. The summed E-state index contributed by atoms with van der Waals surface area (Å²) in [6.45, 7) is 3.98. The predicted molar refractivity (Wildman–Crippen MR) is 60.9 cm³/mol. The molecule has 0 saturated carbocycles. The van der Waals surface area contributed by atoms with E-state index < -0.39 is 5.97 Å². The van der Waals surface area contributed by atoms with Gasteiger partial charge in [0, 0.05) is 26.2 Å². The minimum Gasteiger partial charge on any atom is -0.477 e. The molecule has 1 fully saturated rings. The smallest absolute Gasteiger partial charge is 0.354 e. The largest absolute Gasteiger partial charge is 0.477 e. The number of piperazine rings is 1. The molecule has 86 valence electrons. The van der Waals surface area contributed by atoms with Crippen molar-refractivity contribution in [1.29, 1.82) is 0 Å². The number of aromatic nitrogens is 1. The van der Waals surface area contributed by atoms with E-state index >= 15 is 0 Å². The van der Waals surface area contributed by atoms with Gasteiger partial charge in [0.15, 0.2) is 0 Å². The molecule has 16 heavy (non-hydrogen) atoms. The van der Waals surface area contributed by atoms with Gasteiger partial charge in [-0.15, -0.1) is 0 Å². The van der Waals surface area contributed by atoms with Crippen LogP contribution in [0.5, 0.6) is 0 Å². The van der Waals surface area contributed by atoms with Crippen molar-refractivity contribution in [3.05, 3.63) is 24.0 Å². The van der Waals surface area contributed by atoms with E-state index in [2.05, 4.69) is 21.8 Å². The summed E-state index contributed by atoms with van der Waals surface area (Å²) >= 11 is 0. The van der Waals surface area contributed by atoms with Crippen LogP contribution in [-0.4, -0.2) is 54.2 Å². The minimum absolute atomic E-state index is 0.0953. The Morgan fingerprint density at radius 2 is 2.00 bits per heavy atom. The van der Waals surface area contributed by atoms with Crippen molar-refractivity contribution < 1.29 is 9.90 Å². The highest BCUT2D eigenvalue weighted by Crippen LogP contribution is 2.14. The third-order valence-electron chi connectivity index (χ3n) is 2.84. The molecule has 0 bridgehead atoms. The van der Waals surface area contributed by atoms with Gasteiger partial charge in [-0.1, -0.05) is 0 Å². The fraction of sp³-hybridized carbons (Fsp3) is 0.455. The number of hydrogen-bond acceptors (Lipinski definition) is 4. The van der Waals surface area contributed by atoms with Crippen LogP contribution in [0, 0.1) is 0 Å². The highest BCUT2D eigenvalue weighted by atomic mass is 16.4. The van der Waals surface area contributed by atoms with Crippen LogP contribution >= 0.6 is 0 Å². The molecule has 1 aliphatic heterocycles. The van der Waals surface area contributed by atoms with Crippen molar-refractivity contribution in [3.8, 4) is 0 Å². The number of rotatable bonds is 2. The summed E-state index contributed by atoms with van der Waals surface area (Å²) in [5, 5.41) is 8.74. The van der Waals surface area contributed by atoms with Gasteiger partial charge in [-0.2, -0.15) is 0 Å². The average Bonchev–Trinajstić information content (AvgIpc) is 2.30. The fourth-order valence-corrected chi connectivity index (χ4v) is 1.76. The molecule has 0 unspecified atom stereocenters. The summed E-state index contributed by atoms with van der Waals surface area (Å²) in [7, 11) is 2.10. The maximum Gasteiger partial charge on any atom is 0.354 e. The molecule has 1 aliphatic rings. The SMILES string of the molecule is CN1CCN(c2ccc(C(=O)O)nc2)CC1. The maximum absolute atomic E-state index is 10.6. The number of carboxylic acids is 1. The Kier molecular flexibility index (Phi) is 3.05. The van der Waals surface area contributed by atoms with Gasteiger partial charge in [-0.25, -0.2) is 9.78 Å². The zero-order valence-electron chi connectivity index (χ0n) is 9.26. The topological polar surface area (TPSA) is 56.7 Å². The molecule has 0 atom stereocenters. The van der Waals surface area contributed by atoms with Gasteiger partial charge >= 0.3 is 5.97 Å². The van der Waals surface area contributed by atoms with Crippen molar-refractivity contribution in [2.45, 2.75) is 0 Å². The number of pyridine rings is 1. The highest BCUT2D eigenvalue weighted by Gasteiger charge is 2.14. The second-order valence-corrected chi connectivity index (χ2v) is 4.00. The second-order valence-electron chi connectivity index (χ2n) is 4.00. The molecule has 0 aliphatic carbocycles. The fourth-order valence-electron chi connectivity index (χ4n) is 1.76. The zero-order chi connectivity index (χ0) is 11.5. The van der Waals surface area contributed by atoms with E-state index in [1.807, 2.05) is 6.07 Å². The first-order valence-corrected chi connectivity index (χ1v) is 5.29. The molecule has 1 aromatic rings. The van der Waals surface area contributed by atoms with E-state index in [1.54, 1.807) is 12.3 Å². The number of aromatic carboxylic acids is 1. The third-order valence-corrected chi connectivity index (χ3v) is 2.84. The number of nitrogens with zero attached hydrogens (tertiary/aromatic N) is 3. The molecule has 5 nitrogen and oxygen atoms in total. The average molecular weight is 221 g/mol. The molecule has 0 amide bonds. The van der Waals surface area contributed by atoms with E-state index in [0.29, 0.717) is 0 Å². The predicted octanol–water partition coefficient (Wildman–Crippen LogP) is 0.532. The van der Waals surface area contributed by atoms with Crippen molar-refractivity contribution >= 4 is 11.7 Å². The molecular weight excluding hydrogens is 206 g/mol. The van der Waals surface area contributed by atoms with E-state index in [0.717, 1.165) is 31.9 Å². The summed E-state index contributed by atoms with van der Waals surface area (Å²) < 4.78 is 0. The van der Waals surface area contributed by atoms with Crippen molar-refractivity contribution in [2.24, 2.45) is 0 Å². The van der Waals surface area contributed by atoms with E-state index in [4.69, 9.17) is 5.11 Å². The normalized spacial score (nSPS) is 17.4. The molecule has 0 radical (unpaired) electrons. The Balaban J connectivity index is 2.07. The van der Waals surface area contributed by atoms with E-state index in [1.165, 1.54) is 0 Å². The molecule has 5 heteroatoms. The second kappa shape index (κ2) is 4.49. The zero-order valence-corrected chi connectivity index (χ0v) is 9.26. The van der Waals surface area contributed by atoms with E-state index in [9.17, 15) is 4.79 Å². The number of carbonyl (C=O) groups is 1. The van der Waals surface area contributed by atoms with Gasteiger partial charge in [0.25, 0.3) is 0 Å². The minimum atomic E-state index is -0.982. The van der Waals surface area contributed by atoms with Gasteiger partial charge in [-0.05, 0) is 19.2 Å². The lowest BCUT2D eigenvalue weighted by molar-refractivity contribution is 0.0690. The van der Waals surface area contributed by atoms with Gasteiger partial charge in [-0.3, -0.25) is 0 Å². The number of anilines is 1. The van der Waals surface area contributed by atoms with Crippen molar-refractivity contribution in [2.75, 3.05) is 38.1 Å². The summed E-state index contributed by atoms with van der Waals surface area (Å²) in [4.78, 5) is 19.1. The standard InChI is InChI=1S/C11H15N3O2/c1-13-4-6-14(7-5-13)9-2-3-10(11(15)16)12-8-9/h2-3,8H,4-7H2,1H3,(H,15,16). The molecule has 2 rings (SSSR count). The van der Waals surface area contributed by atoms with Gasteiger partial charge in [0.05, 0.1) is 11.9 Å². The van der Waals surface area contributed by atoms with Gasteiger partial charge < -0.3 is 14.9 Å². The van der Waals surface area contributed by atoms with Crippen LogP contribution in [0.1, 0.15) is 10.5 Å². The molecule has 0 spiro atoms. The first-order valence-electron chi connectivity index (χ1n) is 5.29. The maximum atomic E-state index is 10.6. The third kappa shape index (κ3) is 2.30. The monoisotopic (exact) mass is 221 g/mol. The van der Waals surface area contributed by atoms with Crippen LogP contribution in [0.25, 0.3) is 0 Å². The lowest BCUT2D eigenvalue weighted by atomic mass is 10.2. The highest BCUT2D eigenvalue weighted by molar-refractivity contribution is 5.85. The van der Waals surface area contributed by atoms with E-state index in [-0.39, 0.29) is 5.69 Å². The van der Waals surface area contributed by atoms with Crippen LogP contribution in [-0.2, 0) is 0 Å². The number of likely N-dealkylation sites (N-methyl/N-ethyl adjacent to an activating group) is 1. The van der Waals surface area contributed by atoms with Crippen LogP contribution in [0.4, 0.5) is 5.69 Å². The van der Waals surface area contributed by atoms with Crippen LogP contribution in [0.15, 0.2) is 18.3 Å². The molecule has 1 aromatic heterocycles. The Morgan fingerprint density at radius 1 is 1.31 bits per heavy atom. The van der Waals surface area contributed by atoms with Crippen LogP contribution in [0.2, 0.25) is 0 Å². The number of hydrogen-bond donors (Lipinski definition) is 1. The Labute approximate surface area is 94.3 Å². The first kappa shape index (κ1) is 10.9. The Morgan fingerprint density at radius 3 is 2.50 bits per heavy atom. The van der Waals surface area contributed by atoms with Crippen LogP contribution < -0.4 is 4.90 Å². The lowest BCUT2D eigenvalue weighted by Gasteiger charge is -2.33. The van der Waals surface area contributed by atoms with Crippen molar-refractivity contribution in [1.82, 2.24) is 9.88 Å².